The molecule has 2 N–H and O–H groups in total. The normalized spacial score (nSPS) is 11.7. The molecule has 0 unspecified atom stereocenters. The van der Waals surface area contributed by atoms with Crippen molar-refractivity contribution in [1.82, 2.24) is 4.98 Å². The molecule has 78 valence electrons. The highest BCUT2D eigenvalue weighted by molar-refractivity contribution is 7.09. The van der Waals surface area contributed by atoms with Gasteiger partial charge in [-0.15, -0.1) is 11.3 Å². The summed E-state index contributed by atoms with van der Waals surface area (Å²) in [5.41, 5.74) is 6.07. The topological polar surface area (TPSA) is 56.0 Å². The number of rotatable bonds is 4. The molecule has 0 bridgehead atoms. The molecule has 0 atom stereocenters. The molecule has 3 nitrogen and oxygen atoms in total. The van der Waals surface area contributed by atoms with Crippen molar-refractivity contribution in [3.05, 3.63) is 16.1 Å². The highest BCUT2D eigenvalue weighted by Crippen LogP contribution is 2.19. The number of nitrogens with zero attached hydrogens (tertiary/aromatic N) is 1. The number of thiazole rings is 1. The molecule has 0 aliphatic rings. The number of ketones is 1. The van der Waals surface area contributed by atoms with E-state index in [-0.39, 0.29) is 5.78 Å². The van der Waals surface area contributed by atoms with E-state index in [2.05, 4.69) is 4.98 Å². The van der Waals surface area contributed by atoms with Crippen molar-refractivity contribution < 1.29 is 4.79 Å². The van der Waals surface area contributed by atoms with Crippen LogP contribution in [0, 0.1) is 12.3 Å². The van der Waals surface area contributed by atoms with E-state index in [4.69, 9.17) is 5.73 Å². The molecule has 1 aromatic rings. The lowest BCUT2D eigenvalue weighted by Gasteiger charge is -2.19. The third-order valence-corrected chi connectivity index (χ3v) is 3.21. The first-order valence-electron chi connectivity index (χ1n) is 4.60. The molecule has 0 aliphatic heterocycles. The molecule has 1 rings (SSSR count). The fourth-order valence-electron chi connectivity index (χ4n) is 0.974. The Balaban J connectivity index is 2.66. The van der Waals surface area contributed by atoms with Crippen LogP contribution < -0.4 is 5.73 Å². The lowest BCUT2D eigenvalue weighted by molar-refractivity contribution is -0.125. The molecular formula is C10H16N2OS. The number of aryl methyl sites for hydroxylation is 1. The second kappa shape index (κ2) is 4.19. The molecule has 0 amide bonds. The van der Waals surface area contributed by atoms with Crippen molar-refractivity contribution in [2.75, 3.05) is 6.54 Å². The van der Waals surface area contributed by atoms with Crippen LogP contribution in [0.1, 0.15) is 24.5 Å². The van der Waals surface area contributed by atoms with Crippen molar-refractivity contribution in [3.63, 3.8) is 0 Å². The van der Waals surface area contributed by atoms with Gasteiger partial charge in [0.25, 0.3) is 0 Å². The molecule has 14 heavy (non-hydrogen) atoms. The van der Waals surface area contributed by atoms with Crippen LogP contribution in [0.2, 0.25) is 0 Å². The van der Waals surface area contributed by atoms with Crippen molar-refractivity contribution in [1.29, 1.82) is 0 Å². The van der Waals surface area contributed by atoms with Gasteiger partial charge in [0.05, 0.1) is 6.42 Å². The van der Waals surface area contributed by atoms with Crippen LogP contribution >= 0.6 is 11.3 Å². The SMILES string of the molecule is Cc1csc(CC(=O)C(C)(C)CN)n1. The van der Waals surface area contributed by atoms with Crippen molar-refractivity contribution in [2.24, 2.45) is 11.1 Å². The summed E-state index contributed by atoms with van der Waals surface area (Å²) in [6, 6.07) is 0. The quantitative estimate of drug-likeness (QED) is 0.823. The summed E-state index contributed by atoms with van der Waals surface area (Å²) in [4.78, 5) is 16.0. The van der Waals surface area contributed by atoms with E-state index in [9.17, 15) is 4.79 Å². The molecule has 0 radical (unpaired) electrons. The van der Waals surface area contributed by atoms with Crippen molar-refractivity contribution in [3.8, 4) is 0 Å². The number of nitrogens with two attached hydrogens (primary N) is 1. The van der Waals surface area contributed by atoms with Gasteiger partial charge in [0.2, 0.25) is 0 Å². The van der Waals surface area contributed by atoms with Gasteiger partial charge in [0.1, 0.15) is 10.8 Å². The maximum Gasteiger partial charge on any atom is 0.146 e. The average molecular weight is 212 g/mol. The summed E-state index contributed by atoms with van der Waals surface area (Å²) in [6.07, 6.45) is 0.405. The van der Waals surface area contributed by atoms with Gasteiger partial charge in [-0.05, 0) is 6.92 Å². The van der Waals surface area contributed by atoms with E-state index in [0.717, 1.165) is 10.7 Å². The predicted octanol–water partition coefficient (Wildman–Crippen LogP) is 1.55. The summed E-state index contributed by atoms with van der Waals surface area (Å²) >= 11 is 1.53. The van der Waals surface area contributed by atoms with Crippen LogP contribution in [0.4, 0.5) is 0 Å². The molecule has 0 spiro atoms. The van der Waals surface area contributed by atoms with Gasteiger partial charge in [-0.1, -0.05) is 13.8 Å². The highest BCUT2D eigenvalue weighted by Gasteiger charge is 2.26. The van der Waals surface area contributed by atoms with Gasteiger partial charge in [-0.25, -0.2) is 4.98 Å². The zero-order chi connectivity index (χ0) is 10.8. The van der Waals surface area contributed by atoms with Crippen molar-refractivity contribution in [2.45, 2.75) is 27.2 Å². The van der Waals surface area contributed by atoms with Gasteiger partial charge < -0.3 is 5.73 Å². The second-order valence-electron chi connectivity index (χ2n) is 4.07. The third kappa shape index (κ3) is 2.62. The molecule has 0 aliphatic carbocycles. The Bertz CT molecular complexity index is 331. The minimum Gasteiger partial charge on any atom is -0.329 e. The minimum absolute atomic E-state index is 0.161. The van der Waals surface area contributed by atoms with Crippen LogP contribution in [0.3, 0.4) is 0 Å². The molecule has 0 saturated heterocycles. The average Bonchev–Trinajstić information content (AvgIpc) is 2.51. The molecule has 0 aromatic carbocycles. The van der Waals surface area contributed by atoms with Gasteiger partial charge >= 0.3 is 0 Å². The minimum atomic E-state index is -0.431. The molecule has 0 saturated carbocycles. The predicted molar refractivity (Wildman–Crippen MR) is 58.4 cm³/mol. The van der Waals surface area contributed by atoms with Gasteiger partial charge in [-0.2, -0.15) is 0 Å². The third-order valence-electron chi connectivity index (χ3n) is 2.24. The van der Waals surface area contributed by atoms with Crippen LogP contribution in [0.25, 0.3) is 0 Å². The summed E-state index contributed by atoms with van der Waals surface area (Å²) in [5.74, 6) is 0.161. The summed E-state index contributed by atoms with van der Waals surface area (Å²) in [6.45, 7) is 6.06. The van der Waals surface area contributed by atoms with E-state index >= 15 is 0 Å². The molecule has 0 fully saturated rings. The standard InChI is InChI=1S/C10H16N2OS/c1-7-5-14-9(12-7)4-8(13)10(2,3)6-11/h5H,4,6,11H2,1-3H3. The van der Waals surface area contributed by atoms with E-state index < -0.39 is 5.41 Å². The van der Waals surface area contributed by atoms with Gasteiger partial charge in [0.15, 0.2) is 0 Å². The zero-order valence-electron chi connectivity index (χ0n) is 8.83. The van der Waals surface area contributed by atoms with Crippen LogP contribution in [-0.4, -0.2) is 17.3 Å². The Hall–Kier alpha value is -0.740. The lowest BCUT2D eigenvalue weighted by atomic mass is 9.87. The van der Waals surface area contributed by atoms with Crippen LogP contribution in [-0.2, 0) is 11.2 Å². The number of hydrogen-bond acceptors (Lipinski definition) is 4. The number of carbonyl (C=O) groups is 1. The first kappa shape index (κ1) is 11.3. The highest BCUT2D eigenvalue weighted by atomic mass is 32.1. The Morgan fingerprint density at radius 3 is 2.71 bits per heavy atom. The smallest absolute Gasteiger partial charge is 0.146 e. The van der Waals surface area contributed by atoms with Gasteiger partial charge in [0, 0.05) is 23.0 Å². The number of hydrogen-bond donors (Lipinski definition) is 1. The van der Waals surface area contributed by atoms with E-state index in [1.54, 1.807) is 0 Å². The largest absolute Gasteiger partial charge is 0.329 e. The molecule has 1 aromatic heterocycles. The summed E-state index contributed by atoms with van der Waals surface area (Å²) in [7, 11) is 0. The number of carbonyl (C=O) groups excluding carboxylic acids is 1. The Labute approximate surface area is 88.3 Å². The number of aromatic nitrogens is 1. The van der Waals surface area contributed by atoms with Gasteiger partial charge in [-0.3, -0.25) is 4.79 Å². The fraction of sp³-hybridized carbons (Fsp3) is 0.600. The first-order valence-corrected chi connectivity index (χ1v) is 5.48. The van der Waals surface area contributed by atoms with E-state index in [1.807, 2.05) is 26.2 Å². The maximum absolute atomic E-state index is 11.8. The number of Topliss-reactive ketones (excluding diaryl/α,β-unsaturated/α-hetero) is 1. The van der Waals surface area contributed by atoms with Crippen LogP contribution in [0.5, 0.6) is 0 Å². The molecular weight excluding hydrogens is 196 g/mol. The second-order valence-corrected chi connectivity index (χ2v) is 5.01. The van der Waals surface area contributed by atoms with Crippen LogP contribution in [0.15, 0.2) is 5.38 Å². The summed E-state index contributed by atoms with van der Waals surface area (Å²) in [5, 5.41) is 2.84. The lowest BCUT2D eigenvalue weighted by Crippen LogP contribution is -2.33. The fourth-order valence-corrected chi connectivity index (χ4v) is 1.74. The summed E-state index contributed by atoms with van der Waals surface area (Å²) < 4.78 is 0. The van der Waals surface area contributed by atoms with Crippen molar-refractivity contribution >= 4 is 17.1 Å². The Morgan fingerprint density at radius 1 is 1.64 bits per heavy atom. The molecule has 1 heterocycles. The van der Waals surface area contributed by atoms with E-state index in [0.29, 0.717) is 13.0 Å². The first-order chi connectivity index (χ1) is 6.45. The Morgan fingerprint density at radius 2 is 2.29 bits per heavy atom. The monoisotopic (exact) mass is 212 g/mol. The Kier molecular flexibility index (Phi) is 3.39. The maximum atomic E-state index is 11.8. The molecule has 4 heteroatoms. The van der Waals surface area contributed by atoms with E-state index in [1.165, 1.54) is 11.3 Å². The zero-order valence-corrected chi connectivity index (χ0v) is 9.65.